The van der Waals surface area contributed by atoms with Crippen LogP contribution in [-0.2, 0) is 17.6 Å². The minimum atomic E-state index is -0.361. The van der Waals surface area contributed by atoms with Crippen molar-refractivity contribution in [3.05, 3.63) is 45.0 Å². The van der Waals surface area contributed by atoms with Crippen LogP contribution in [0.15, 0.2) is 21.5 Å². The Morgan fingerprint density at radius 2 is 2.11 bits per heavy atom. The fraction of sp³-hybridized carbons (Fsp3) is 0.364. The number of aliphatic imine (C=N–C) groups is 1. The molecule has 146 valence electrons. The predicted molar refractivity (Wildman–Crippen MR) is 112 cm³/mol. The van der Waals surface area contributed by atoms with Crippen LogP contribution in [0, 0.1) is 13.8 Å². The third-order valence-corrected chi connectivity index (χ3v) is 6.41. The molecule has 1 aliphatic carbocycles. The zero-order valence-electron chi connectivity index (χ0n) is 16.3. The van der Waals surface area contributed by atoms with Crippen molar-refractivity contribution in [2.75, 3.05) is 6.61 Å². The number of rotatable bonds is 4. The summed E-state index contributed by atoms with van der Waals surface area (Å²) in [5, 5.41) is 12.0. The van der Waals surface area contributed by atoms with Crippen LogP contribution in [-0.4, -0.2) is 23.9 Å². The van der Waals surface area contributed by atoms with Gasteiger partial charge in [0.05, 0.1) is 12.2 Å². The number of fused-ring (bicyclic) bond motifs is 3. The Labute approximate surface area is 167 Å². The van der Waals surface area contributed by atoms with E-state index in [1.807, 2.05) is 19.9 Å². The largest absolute Gasteiger partial charge is 0.507 e. The van der Waals surface area contributed by atoms with E-state index >= 15 is 0 Å². The second-order valence-electron chi connectivity index (χ2n) is 7.02. The molecule has 0 spiro atoms. The van der Waals surface area contributed by atoms with Crippen molar-refractivity contribution in [1.29, 1.82) is 0 Å². The molecule has 28 heavy (non-hydrogen) atoms. The summed E-state index contributed by atoms with van der Waals surface area (Å²) in [6, 6.07) is 3.44. The highest BCUT2D eigenvalue weighted by molar-refractivity contribution is 7.16. The average molecular weight is 397 g/mol. The average Bonchev–Trinajstić information content (AvgIpc) is 3.19. The molecule has 1 N–H and O–H groups in total. The van der Waals surface area contributed by atoms with Gasteiger partial charge < -0.3 is 14.3 Å². The molecular formula is C22H23NO4S. The lowest BCUT2D eigenvalue weighted by atomic mass is 9.94. The number of nitrogens with zero attached hydrogens (tertiary/aromatic N) is 1. The lowest BCUT2D eigenvalue weighted by Gasteiger charge is -2.09. The van der Waals surface area contributed by atoms with Gasteiger partial charge >= 0.3 is 5.97 Å². The maximum atomic E-state index is 12.4. The van der Waals surface area contributed by atoms with Crippen LogP contribution in [0.25, 0.3) is 11.0 Å². The molecule has 5 nitrogen and oxygen atoms in total. The van der Waals surface area contributed by atoms with Crippen LogP contribution < -0.4 is 0 Å². The smallest absolute Gasteiger partial charge is 0.341 e. The number of aromatic hydroxyl groups is 1. The Morgan fingerprint density at radius 1 is 1.32 bits per heavy atom. The van der Waals surface area contributed by atoms with Crippen molar-refractivity contribution in [3.8, 4) is 5.75 Å². The fourth-order valence-corrected chi connectivity index (χ4v) is 4.76. The fourth-order valence-electron chi connectivity index (χ4n) is 3.77. The summed E-state index contributed by atoms with van der Waals surface area (Å²) in [5.74, 6) is 0.809. The highest BCUT2D eigenvalue weighted by atomic mass is 32.1. The molecule has 4 rings (SSSR count). The molecule has 0 saturated carbocycles. The first-order valence-corrected chi connectivity index (χ1v) is 10.4. The number of phenols is 1. The van der Waals surface area contributed by atoms with Gasteiger partial charge in [-0.25, -0.2) is 9.79 Å². The van der Waals surface area contributed by atoms with Gasteiger partial charge in [0.15, 0.2) is 0 Å². The van der Waals surface area contributed by atoms with E-state index in [9.17, 15) is 9.90 Å². The summed E-state index contributed by atoms with van der Waals surface area (Å²) in [4.78, 5) is 18.0. The zero-order valence-corrected chi connectivity index (χ0v) is 17.1. The van der Waals surface area contributed by atoms with Crippen LogP contribution >= 0.6 is 11.3 Å². The quantitative estimate of drug-likeness (QED) is 0.458. The third kappa shape index (κ3) is 3.11. The molecule has 3 aromatic rings. The van der Waals surface area contributed by atoms with Gasteiger partial charge in [-0.2, -0.15) is 0 Å². The molecule has 0 aliphatic heterocycles. The molecule has 6 heteroatoms. The second-order valence-corrected chi connectivity index (χ2v) is 8.23. The van der Waals surface area contributed by atoms with E-state index in [4.69, 9.17) is 9.15 Å². The number of ether oxygens (including phenoxy) is 1. The number of carbonyl (C=O) groups excluding carboxylic acids is 1. The van der Waals surface area contributed by atoms with E-state index in [1.165, 1.54) is 16.9 Å². The lowest BCUT2D eigenvalue weighted by molar-refractivity contribution is 0.0527. The maximum absolute atomic E-state index is 12.4. The van der Waals surface area contributed by atoms with E-state index in [0.717, 1.165) is 52.9 Å². The highest BCUT2D eigenvalue weighted by Gasteiger charge is 2.23. The van der Waals surface area contributed by atoms with Gasteiger partial charge in [0, 0.05) is 34.0 Å². The number of benzene rings is 1. The van der Waals surface area contributed by atoms with Gasteiger partial charge in [-0.05, 0) is 57.7 Å². The summed E-state index contributed by atoms with van der Waals surface area (Å²) < 4.78 is 11.2. The minimum Gasteiger partial charge on any atom is -0.507 e. The van der Waals surface area contributed by atoms with Gasteiger partial charge in [-0.15, -0.1) is 11.3 Å². The zero-order chi connectivity index (χ0) is 19.8. The minimum absolute atomic E-state index is 0.160. The van der Waals surface area contributed by atoms with Crippen LogP contribution in [0.5, 0.6) is 5.75 Å². The topological polar surface area (TPSA) is 72.0 Å². The Hall–Kier alpha value is -2.60. The lowest BCUT2D eigenvalue weighted by Crippen LogP contribution is -2.05. The normalized spacial score (nSPS) is 14.0. The second kappa shape index (κ2) is 7.43. The highest BCUT2D eigenvalue weighted by Crippen LogP contribution is 2.38. The first-order chi connectivity index (χ1) is 13.5. The van der Waals surface area contributed by atoms with Gasteiger partial charge in [0.1, 0.15) is 22.1 Å². The number of phenolic OH excluding ortho intramolecular Hbond substituents is 1. The Kier molecular flexibility index (Phi) is 4.98. The van der Waals surface area contributed by atoms with Crippen molar-refractivity contribution in [3.63, 3.8) is 0 Å². The molecule has 0 bridgehead atoms. The van der Waals surface area contributed by atoms with Gasteiger partial charge in [0.25, 0.3) is 0 Å². The summed E-state index contributed by atoms with van der Waals surface area (Å²) >= 11 is 1.45. The van der Waals surface area contributed by atoms with E-state index in [-0.39, 0.29) is 11.7 Å². The molecule has 2 aromatic heterocycles. The van der Waals surface area contributed by atoms with Gasteiger partial charge in [0.2, 0.25) is 0 Å². The molecule has 0 fully saturated rings. The molecule has 1 aromatic carbocycles. The molecule has 0 amide bonds. The van der Waals surface area contributed by atoms with Crippen LogP contribution in [0.2, 0.25) is 0 Å². The SMILES string of the molecule is CCOC(=O)c1c(N=Cc2c(O)ccc3oc4c(c23)CCCC4)sc(C)c1C. The van der Waals surface area contributed by atoms with Crippen molar-refractivity contribution < 1.29 is 19.1 Å². The van der Waals surface area contributed by atoms with Gasteiger partial charge in [-0.3, -0.25) is 0 Å². The molecule has 0 unspecified atom stereocenters. The number of hydrogen-bond donors (Lipinski definition) is 1. The molecule has 0 atom stereocenters. The first-order valence-electron chi connectivity index (χ1n) is 9.58. The molecule has 0 radical (unpaired) electrons. The third-order valence-electron chi connectivity index (χ3n) is 5.29. The number of aryl methyl sites for hydroxylation is 3. The summed E-state index contributed by atoms with van der Waals surface area (Å²) in [5.41, 5.74) is 3.97. The van der Waals surface area contributed by atoms with E-state index < -0.39 is 0 Å². The van der Waals surface area contributed by atoms with E-state index in [0.29, 0.717) is 22.7 Å². The standard InChI is InChI=1S/C22H23NO4S/c1-4-26-22(25)19-12(2)13(3)28-21(19)23-11-15-16(24)9-10-18-20(15)14-7-5-6-8-17(14)27-18/h9-11,24H,4-8H2,1-3H3. The number of thiophene rings is 1. The van der Waals surface area contributed by atoms with Crippen molar-refractivity contribution in [1.82, 2.24) is 0 Å². The molecule has 1 aliphatic rings. The molecular weight excluding hydrogens is 374 g/mol. The van der Waals surface area contributed by atoms with Crippen molar-refractivity contribution >= 4 is 39.5 Å². The number of esters is 1. The van der Waals surface area contributed by atoms with E-state index in [1.54, 1.807) is 19.2 Å². The van der Waals surface area contributed by atoms with Crippen LogP contribution in [0.3, 0.4) is 0 Å². The summed E-state index contributed by atoms with van der Waals surface area (Å²) in [6.07, 6.45) is 5.76. The Bertz CT molecular complexity index is 1090. The molecule has 0 saturated heterocycles. The Balaban J connectivity index is 1.82. The van der Waals surface area contributed by atoms with E-state index in [2.05, 4.69) is 4.99 Å². The van der Waals surface area contributed by atoms with Crippen molar-refractivity contribution in [2.45, 2.75) is 46.5 Å². The number of hydrogen-bond acceptors (Lipinski definition) is 6. The summed E-state index contributed by atoms with van der Waals surface area (Å²) in [6.45, 7) is 5.97. The molecule has 2 heterocycles. The van der Waals surface area contributed by atoms with Gasteiger partial charge in [-0.1, -0.05) is 0 Å². The number of carbonyl (C=O) groups is 1. The van der Waals surface area contributed by atoms with Crippen molar-refractivity contribution in [2.24, 2.45) is 4.99 Å². The number of furan rings is 1. The first kappa shape index (κ1) is 18.7. The predicted octanol–water partition coefficient (Wildman–Crippen LogP) is 5.62. The Morgan fingerprint density at radius 3 is 2.89 bits per heavy atom. The maximum Gasteiger partial charge on any atom is 0.341 e. The monoisotopic (exact) mass is 397 g/mol. The van der Waals surface area contributed by atoms with Crippen LogP contribution in [0.1, 0.15) is 57.5 Å². The van der Waals surface area contributed by atoms with Crippen LogP contribution in [0.4, 0.5) is 5.00 Å². The summed E-state index contributed by atoms with van der Waals surface area (Å²) in [7, 11) is 0.